The van der Waals surface area contributed by atoms with E-state index in [1.807, 2.05) is 0 Å². The van der Waals surface area contributed by atoms with Crippen LogP contribution in [-0.2, 0) is 11.3 Å². The predicted molar refractivity (Wildman–Crippen MR) is 120 cm³/mol. The molecule has 11 heteroatoms. The zero-order valence-corrected chi connectivity index (χ0v) is 18.8. The van der Waals surface area contributed by atoms with Crippen molar-refractivity contribution in [1.29, 1.82) is 0 Å². The molecule has 0 fully saturated rings. The van der Waals surface area contributed by atoms with E-state index in [9.17, 15) is 9.59 Å². The van der Waals surface area contributed by atoms with E-state index in [0.29, 0.717) is 22.2 Å². The molecule has 0 saturated heterocycles. The highest BCUT2D eigenvalue weighted by Crippen LogP contribution is 2.34. The van der Waals surface area contributed by atoms with Gasteiger partial charge in [-0.3, -0.25) is 4.79 Å². The number of amides is 1. The molecule has 1 N–H and O–H groups in total. The summed E-state index contributed by atoms with van der Waals surface area (Å²) in [5, 5.41) is 7.07. The van der Waals surface area contributed by atoms with Gasteiger partial charge in [-0.05, 0) is 36.4 Å². The molecule has 4 rings (SSSR count). The summed E-state index contributed by atoms with van der Waals surface area (Å²) in [6, 6.07) is 12.8. The fourth-order valence-corrected chi connectivity index (χ4v) is 3.10. The average molecular weight is 484 g/mol. The molecule has 2 heterocycles. The predicted octanol–water partition coefficient (Wildman–Crippen LogP) is 4.61. The summed E-state index contributed by atoms with van der Waals surface area (Å²) in [6.07, 6.45) is 1.36. The number of carbonyl (C=O) groups is 2. The third-order valence-electron chi connectivity index (χ3n) is 4.63. The normalized spacial score (nSPS) is 10.6. The summed E-state index contributed by atoms with van der Waals surface area (Å²) >= 11 is 5.89. The molecule has 0 atom stereocenters. The summed E-state index contributed by atoms with van der Waals surface area (Å²) in [4.78, 5) is 29.6. The van der Waals surface area contributed by atoms with Crippen LogP contribution in [0, 0.1) is 0 Å². The van der Waals surface area contributed by atoms with Gasteiger partial charge in [-0.2, -0.15) is 4.98 Å². The number of benzene rings is 2. The number of halogens is 1. The standard InChI is InChI=1S/C23H18ClN3O7/c1-30-18-10-15(16(11-19(18)31-2)25-22(28)17-4-3-9-32-17)23(29)33-12-20-26-21(27-34-20)13-5-7-14(24)8-6-13/h3-11H,12H2,1-2H3,(H,25,28). The quantitative estimate of drug-likeness (QED) is 0.357. The lowest BCUT2D eigenvalue weighted by molar-refractivity contribution is 0.0430. The van der Waals surface area contributed by atoms with Crippen LogP contribution in [0.5, 0.6) is 11.5 Å². The van der Waals surface area contributed by atoms with Gasteiger partial charge in [0, 0.05) is 22.7 Å². The van der Waals surface area contributed by atoms with Crippen molar-refractivity contribution in [1.82, 2.24) is 10.1 Å². The molecule has 2 aromatic heterocycles. The van der Waals surface area contributed by atoms with Crippen LogP contribution in [0.4, 0.5) is 5.69 Å². The van der Waals surface area contributed by atoms with Crippen LogP contribution in [0.25, 0.3) is 11.4 Å². The minimum atomic E-state index is -0.762. The molecule has 34 heavy (non-hydrogen) atoms. The number of methoxy groups -OCH3 is 2. The number of hydrogen-bond donors (Lipinski definition) is 1. The smallest absolute Gasteiger partial charge is 0.340 e. The van der Waals surface area contributed by atoms with Crippen LogP contribution >= 0.6 is 11.6 Å². The van der Waals surface area contributed by atoms with Gasteiger partial charge >= 0.3 is 5.97 Å². The Hall–Kier alpha value is -4.31. The van der Waals surface area contributed by atoms with E-state index in [-0.39, 0.29) is 35.3 Å². The second-order valence-electron chi connectivity index (χ2n) is 6.78. The Morgan fingerprint density at radius 1 is 1.06 bits per heavy atom. The molecular weight excluding hydrogens is 466 g/mol. The van der Waals surface area contributed by atoms with Gasteiger partial charge in [-0.25, -0.2) is 4.79 Å². The van der Waals surface area contributed by atoms with Crippen molar-refractivity contribution in [3.8, 4) is 22.9 Å². The summed E-state index contributed by atoms with van der Waals surface area (Å²) in [5.74, 6) is -0.279. The molecule has 2 aromatic carbocycles. The highest BCUT2D eigenvalue weighted by molar-refractivity contribution is 6.30. The van der Waals surface area contributed by atoms with Crippen molar-refractivity contribution in [2.45, 2.75) is 6.61 Å². The number of hydrogen-bond acceptors (Lipinski definition) is 9. The number of esters is 1. The van der Waals surface area contributed by atoms with E-state index >= 15 is 0 Å². The summed E-state index contributed by atoms with van der Waals surface area (Å²) in [6.45, 7) is -0.292. The summed E-state index contributed by atoms with van der Waals surface area (Å²) in [5.41, 5.74) is 0.847. The van der Waals surface area contributed by atoms with Crippen LogP contribution in [0.2, 0.25) is 5.02 Å². The molecule has 0 bridgehead atoms. The molecule has 0 radical (unpaired) electrons. The molecule has 0 aliphatic heterocycles. The van der Waals surface area contributed by atoms with Crippen molar-refractivity contribution < 1.29 is 32.7 Å². The lowest BCUT2D eigenvalue weighted by Gasteiger charge is -2.14. The molecule has 10 nitrogen and oxygen atoms in total. The van der Waals surface area contributed by atoms with Crippen molar-refractivity contribution in [2.75, 3.05) is 19.5 Å². The SMILES string of the molecule is COc1cc(NC(=O)c2ccco2)c(C(=O)OCc2nc(-c3ccc(Cl)cc3)no2)cc1OC. The first kappa shape index (κ1) is 22.9. The van der Waals surface area contributed by atoms with Gasteiger partial charge in [0.05, 0.1) is 31.7 Å². The minimum Gasteiger partial charge on any atom is -0.493 e. The van der Waals surface area contributed by atoms with E-state index in [2.05, 4.69) is 15.5 Å². The number of carbonyl (C=O) groups excluding carboxylic acids is 2. The van der Waals surface area contributed by atoms with Crippen molar-refractivity contribution in [3.63, 3.8) is 0 Å². The van der Waals surface area contributed by atoms with Gasteiger partial charge in [-0.15, -0.1) is 0 Å². The number of nitrogens with one attached hydrogen (secondary N) is 1. The number of aromatic nitrogens is 2. The third-order valence-corrected chi connectivity index (χ3v) is 4.89. The molecule has 0 aliphatic carbocycles. The first-order chi connectivity index (χ1) is 16.5. The molecule has 1 amide bonds. The van der Waals surface area contributed by atoms with Gasteiger partial charge < -0.3 is 28.5 Å². The van der Waals surface area contributed by atoms with Gasteiger partial charge in [0.25, 0.3) is 11.8 Å². The number of nitrogens with zero attached hydrogens (tertiary/aromatic N) is 2. The Morgan fingerprint density at radius 3 is 2.47 bits per heavy atom. The molecular formula is C23H18ClN3O7. The number of ether oxygens (including phenoxy) is 3. The molecule has 0 unspecified atom stereocenters. The second kappa shape index (κ2) is 10.1. The monoisotopic (exact) mass is 483 g/mol. The van der Waals surface area contributed by atoms with E-state index in [1.54, 1.807) is 30.3 Å². The molecule has 0 spiro atoms. The number of rotatable bonds is 8. The highest BCUT2D eigenvalue weighted by atomic mass is 35.5. The van der Waals surface area contributed by atoms with Crippen LogP contribution < -0.4 is 14.8 Å². The number of furan rings is 1. The van der Waals surface area contributed by atoms with Crippen LogP contribution in [0.3, 0.4) is 0 Å². The lowest BCUT2D eigenvalue weighted by atomic mass is 10.1. The van der Waals surface area contributed by atoms with Crippen LogP contribution in [-0.4, -0.2) is 36.2 Å². The first-order valence-electron chi connectivity index (χ1n) is 9.85. The summed E-state index contributed by atoms with van der Waals surface area (Å²) in [7, 11) is 2.85. The van der Waals surface area contributed by atoms with Gasteiger partial charge in [0.1, 0.15) is 0 Å². The summed E-state index contributed by atoms with van der Waals surface area (Å²) < 4.78 is 26.1. The van der Waals surface area contributed by atoms with Crippen molar-refractivity contribution in [2.24, 2.45) is 0 Å². The fraction of sp³-hybridized carbons (Fsp3) is 0.130. The maximum absolute atomic E-state index is 12.9. The maximum atomic E-state index is 12.9. The number of anilines is 1. The lowest BCUT2D eigenvalue weighted by Crippen LogP contribution is -2.16. The molecule has 0 aliphatic rings. The van der Waals surface area contributed by atoms with Crippen molar-refractivity contribution in [3.05, 3.63) is 77.0 Å². The Morgan fingerprint density at radius 2 is 1.79 bits per heavy atom. The van der Waals surface area contributed by atoms with Crippen LogP contribution in [0.1, 0.15) is 26.8 Å². The zero-order valence-electron chi connectivity index (χ0n) is 18.0. The van der Waals surface area contributed by atoms with Crippen molar-refractivity contribution >= 4 is 29.2 Å². The Balaban J connectivity index is 1.53. The third kappa shape index (κ3) is 5.02. The van der Waals surface area contributed by atoms with Crippen LogP contribution in [0.15, 0.2) is 63.7 Å². The molecule has 174 valence electrons. The Kier molecular flexibility index (Phi) is 6.79. The van der Waals surface area contributed by atoms with Gasteiger partial charge in [-0.1, -0.05) is 16.8 Å². The molecule has 0 saturated carbocycles. The largest absolute Gasteiger partial charge is 0.493 e. The minimum absolute atomic E-state index is 0.0231. The Labute approximate surface area is 198 Å². The Bertz CT molecular complexity index is 1300. The average Bonchev–Trinajstić information content (AvgIpc) is 3.55. The molecule has 4 aromatic rings. The maximum Gasteiger partial charge on any atom is 0.340 e. The van der Waals surface area contributed by atoms with Gasteiger partial charge in [0.15, 0.2) is 23.9 Å². The van der Waals surface area contributed by atoms with E-state index in [4.69, 9.17) is 34.8 Å². The highest BCUT2D eigenvalue weighted by Gasteiger charge is 2.22. The zero-order chi connectivity index (χ0) is 24.1. The second-order valence-corrected chi connectivity index (χ2v) is 7.22. The topological polar surface area (TPSA) is 126 Å². The van der Waals surface area contributed by atoms with E-state index in [1.165, 1.54) is 38.7 Å². The first-order valence-corrected chi connectivity index (χ1v) is 10.2. The van der Waals surface area contributed by atoms with E-state index in [0.717, 1.165) is 0 Å². The van der Waals surface area contributed by atoms with Gasteiger partial charge in [0.2, 0.25) is 5.82 Å². The van der Waals surface area contributed by atoms with E-state index < -0.39 is 11.9 Å². The fourth-order valence-electron chi connectivity index (χ4n) is 2.98.